The molecule has 1 aliphatic carbocycles. The molecule has 0 unspecified atom stereocenters. The SMILES string of the molecule is CCCCCCCCC1(CCCCCCCC)c2ccccc2-c2ccc(-c3nnc(-c4cc(Cl)ccc4Cl)o3)cc21. The van der Waals surface area contributed by atoms with Crippen molar-refractivity contribution in [1.82, 2.24) is 10.2 Å². The van der Waals surface area contributed by atoms with Crippen LogP contribution in [0.1, 0.15) is 115 Å². The van der Waals surface area contributed by atoms with Crippen molar-refractivity contribution in [2.45, 2.75) is 109 Å². The van der Waals surface area contributed by atoms with Crippen molar-refractivity contribution in [1.29, 1.82) is 0 Å². The van der Waals surface area contributed by atoms with Crippen molar-refractivity contribution in [2.75, 3.05) is 0 Å². The van der Waals surface area contributed by atoms with Crippen molar-refractivity contribution >= 4 is 23.2 Å². The monoisotopic (exact) mass is 602 g/mol. The molecule has 1 aliphatic rings. The molecule has 3 aromatic carbocycles. The molecule has 0 bridgehead atoms. The molecule has 3 nitrogen and oxygen atoms in total. The smallest absolute Gasteiger partial charge is 0.249 e. The quantitative estimate of drug-likeness (QED) is 0.120. The Morgan fingerprint density at radius 2 is 1.21 bits per heavy atom. The fourth-order valence-corrected chi connectivity index (χ4v) is 7.15. The molecule has 0 atom stereocenters. The molecular weight excluding hydrogens is 559 g/mol. The van der Waals surface area contributed by atoms with Crippen LogP contribution >= 0.6 is 23.2 Å². The van der Waals surface area contributed by atoms with Crippen LogP contribution in [0.15, 0.2) is 65.1 Å². The second-order valence-corrected chi connectivity index (χ2v) is 12.8. The van der Waals surface area contributed by atoms with E-state index in [-0.39, 0.29) is 5.41 Å². The molecule has 1 heterocycles. The Hall–Kier alpha value is -2.62. The Kier molecular flexibility index (Phi) is 10.8. The minimum Gasteiger partial charge on any atom is -0.416 e. The van der Waals surface area contributed by atoms with E-state index in [1.54, 1.807) is 18.2 Å². The highest BCUT2D eigenvalue weighted by Gasteiger charge is 2.42. The fourth-order valence-electron chi connectivity index (χ4n) is 6.78. The third-order valence-electron chi connectivity index (χ3n) is 9.01. The van der Waals surface area contributed by atoms with Gasteiger partial charge in [-0.3, -0.25) is 0 Å². The topological polar surface area (TPSA) is 38.9 Å². The summed E-state index contributed by atoms with van der Waals surface area (Å²) in [5, 5.41) is 9.91. The van der Waals surface area contributed by atoms with E-state index in [0.717, 1.165) is 5.56 Å². The van der Waals surface area contributed by atoms with E-state index >= 15 is 0 Å². The van der Waals surface area contributed by atoms with Gasteiger partial charge < -0.3 is 4.42 Å². The summed E-state index contributed by atoms with van der Waals surface area (Å²) in [6.07, 6.45) is 18.0. The lowest BCUT2D eigenvalue weighted by molar-refractivity contribution is 0.398. The van der Waals surface area contributed by atoms with E-state index in [1.807, 2.05) is 0 Å². The van der Waals surface area contributed by atoms with Crippen LogP contribution in [0.2, 0.25) is 10.0 Å². The molecule has 5 heteroatoms. The molecule has 0 amide bonds. The van der Waals surface area contributed by atoms with Gasteiger partial charge in [-0.05, 0) is 65.4 Å². The molecule has 0 spiro atoms. The van der Waals surface area contributed by atoms with E-state index in [4.69, 9.17) is 27.6 Å². The summed E-state index contributed by atoms with van der Waals surface area (Å²) in [6, 6.07) is 21.1. The van der Waals surface area contributed by atoms with Crippen LogP contribution in [-0.2, 0) is 5.41 Å². The minimum absolute atomic E-state index is 0.0105. The maximum Gasteiger partial charge on any atom is 0.249 e. The van der Waals surface area contributed by atoms with Gasteiger partial charge in [-0.1, -0.05) is 144 Å². The van der Waals surface area contributed by atoms with Gasteiger partial charge in [0, 0.05) is 16.0 Å². The molecule has 1 aromatic heterocycles. The van der Waals surface area contributed by atoms with Crippen LogP contribution in [0.3, 0.4) is 0 Å². The molecule has 42 heavy (non-hydrogen) atoms. The summed E-state index contributed by atoms with van der Waals surface area (Å²) in [5.74, 6) is 0.888. The zero-order valence-electron chi connectivity index (χ0n) is 25.2. The number of halogens is 2. The van der Waals surface area contributed by atoms with Crippen molar-refractivity contribution in [3.8, 4) is 34.0 Å². The molecule has 222 valence electrons. The number of fused-ring (bicyclic) bond motifs is 3. The number of rotatable bonds is 16. The van der Waals surface area contributed by atoms with Gasteiger partial charge in [-0.15, -0.1) is 10.2 Å². The predicted molar refractivity (Wildman–Crippen MR) is 177 cm³/mol. The number of hydrogen-bond donors (Lipinski definition) is 0. The molecule has 5 rings (SSSR count). The minimum atomic E-state index is 0.0105. The Morgan fingerprint density at radius 1 is 0.595 bits per heavy atom. The third kappa shape index (κ3) is 6.79. The van der Waals surface area contributed by atoms with Gasteiger partial charge in [-0.25, -0.2) is 0 Å². The van der Waals surface area contributed by atoms with Crippen molar-refractivity contribution in [2.24, 2.45) is 0 Å². The average Bonchev–Trinajstić information content (AvgIpc) is 3.60. The molecule has 4 aromatic rings. The van der Waals surface area contributed by atoms with Gasteiger partial charge in [-0.2, -0.15) is 0 Å². The number of unbranched alkanes of at least 4 members (excludes halogenated alkanes) is 10. The Labute approximate surface area is 262 Å². The van der Waals surface area contributed by atoms with Crippen LogP contribution in [0.4, 0.5) is 0 Å². The Morgan fingerprint density at radius 3 is 1.93 bits per heavy atom. The number of benzene rings is 3. The Balaban J connectivity index is 1.48. The van der Waals surface area contributed by atoms with E-state index in [0.29, 0.717) is 27.4 Å². The number of hydrogen-bond acceptors (Lipinski definition) is 3. The maximum atomic E-state index is 6.44. The van der Waals surface area contributed by atoms with Gasteiger partial charge in [0.1, 0.15) is 0 Å². The lowest BCUT2D eigenvalue weighted by Crippen LogP contribution is -2.25. The van der Waals surface area contributed by atoms with Crippen molar-refractivity contribution < 1.29 is 4.42 Å². The first-order chi connectivity index (χ1) is 20.6. The standard InChI is InChI=1S/C37H44Cl2N2O/c1-3-5-7-9-11-15-23-37(24-16-12-10-8-6-4-2)32-18-14-13-17-29(32)30-21-19-27(25-33(30)37)35-40-41-36(42-35)31-26-28(38)20-22-34(31)39/h13-14,17-22,25-26H,3-12,15-16,23-24H2,1-2H3. The average molecular weight is 604 g/mol. The van der Waals surface area contributed by atoms with Crippen LogP contribution in [0, 0.1) is 0 Å². The molecule has 0 aliphatic heterocycles. The highest BCUT2D eigenvalue weighted by Crippen LogP contribution is 2.55. The van der Waals surface area contributed by atoms with E-state index in [2.05, 4.69) is 66.5 Å². The van der Waals surface area contributed by atoms with Crippen molar-refractivity contribution in [3.05, 3.63) is 81.8 Å². The Bertz CT molecular complexity index is 1440. The first kappa shape index (κ1) is 30.8. The first-order valence-corrected chi connectivity index (χ1v) is 16.9. The summed E-state index contributed by atoms with van der Waals surface area (Å²) in [7, 11) is 0. The molecule has 0 saturated carbocycles. The van der Waals surface area contributed by atoms with Gasteiger partial charge >= 0.3 is 0 Å². The normalized spacial score (nSPS) is 13.3. The van der Waals surface area contributed by atoms with Crippen LogP contribution < -0.4 is 0 Å². The van der Waals surface area contributed by atoms with Crippen LogP contribution in [0.5, 0.6) is 0 Å². The van der Waals surface area contributed by atoms with E-state index < -0.39 is 0 Å². The highest BCUT2D eigenvalue weighted by atomic mass is 35.5. The second kappa shape index (κ2) is 14.7. The molecule has 0 radical (unpaired) electrons. The predicted octanol–water partition coefficient (Wildman–Crippen LogP) is 12.5. The lowest BCUT2D eigenvalue weighted by atomic mass is 9.70. The zero-order valence-corrected chi connectivity index (χ0v) is 26.7. The van der Waals surface area contributed by atoms with Crippen LogP contribution in [0.25, 0.3) is 34.0 Å². The third-order valence-corrected chi connectivity index (χ3v) is 9.58. The summed E-state index contributed by atoms with van der Waals surface area (Å²) in [5.41, 5.74) is 7.26. The van der Waals surface area contributed by atoms with Gasteiger partial charge in [0.05, 0.1) is 10.6 Å². The maximum absolute atomic E-state index is 6.44. The number of aromatic nitrogens is 2. The molecular formula is C37H44Cl2N2O. The summed E-state index contributed by atoms with van der Waals surface area (Å²) < 4.78 is 6.20. The second-order valence-electron chi connectivity index (χ2n) is 12.0. The van der Waals surface area contributed by atoms with Gasteiger partial charge in [0.2, 0.25) is 11.8 Å². The fraction of sp³-hybridized carbons (Fsp3) is 0.459. The van der Waals surface area contributed by atoms with E-state index in [9.17, 15) is 0 Å². The molecule has 0 N–H and O–H groups in total. The summed E-state index contributed by atoms with van der Waals surface area (Å²) in [6.45, 7) is 4.57. The molecule has 0 fully saturated rings. The first-order valence-electron chi connectivity index (χ1n) is 16.1. The lowest BCUT2D eigenvalue weighted by Gasteiger charge is -2.33. The zero-order chi connectivity index (χ0) is 29.4. The largest absolute Gasteiger partial charge is 0.416 e. The van der Waals surface area contributed by atoms with Gasteiger partial charge in [0.15, 0.2) is 0 Å². The van der Waals surface area contributed by atoms with Crippen LogP contribution in [-0.4, -0.2) is 10.2 Å². The number of nitrogens with zero attached hydrogens (tertiary/aromatic N) is 2. The van der Waals surface area contributed by atoms with Crippen molar-refractivity contribution in [3.63, 3.8) is 0 Å². The summed E-state index contributed by atoms with van der Waals surface area (Å²) in [4.78, 5) is 0. The van der Waals surface area contributed by atoms with Gasteiger partial charge in [0.25, 0.3) is 0 Å². The molecule has 0 saturated heterocycles. The summed E-state index contributed by atoms with van der Waals surface area (Å²) >= 11 is 12.7. The highest BCUT2D eigenvalue weighted by molar-refractivity contribution is 6.35. The van der Waals surface area contributed by atoms with E-state index in [1.165, 1.54) is 112 Å².